The van der Waals surface area contributed by atoms with E-state index in [0.717, 1.165) is 12.8 Å². The number of rotatable bonds is 5. The lowest BCUT2D eigenvalue weighted by Gasteiger charge is -2.27. The highest BCUT2D eigenvalue weighted by molar-refractivity contribution is 5.81. The fourth-order valence-corrected chi connectivity index (χ4v) is 3.13. The Balaban J connectivity index is 1.68. The Morgan fingerprint density at radius 3 is 2.64 bits per heavy atom. The van der Waals surface area contributed by atoms with E-state index >= 15 is 0 Å². The minimum Gasteiger partial charge on any atom is -0.381 e. The maximum Gasteiger partial charge on any atom is 0.401 e. The van der Waals surface area contributed by atoms with E-state index < -0.39 is 18.8 Å². The topological polar surface area (TPSA) is 67.6 Å². The van der Waals surface area contributed by atoms with Crippen molar-refractivity contribution in [2.45, 2.75) is 31.5 Å². The first-order valence-electron chi connectivity index (χ1n) is 7.75. The van der Waals surface area contributed by atoms with Crippen LogP contribution in [0.5, 0.6) is 0 Å². The van der Waals surface area contributed by atoms with Crippen molar-refractivity contribution in [3.63, 3.8) is 0 Å². The highest BCUT2D eigenvalue weighted by atomic mass is 19.4. The van der Waals surface area contributed by atoms with Gasteiger partial charge in [0.1, 0.15) is 0 Å². The molecule has 0 aromatic carbocycles. The van der Waals surface area contributed by atoms with Gasteiger partial charge in [0, 0.05) is 26.3 Å². The molecule has 128 valence electrons. The molecule has 2 unspecified atom stereocenters. The number of halogens is 3. The summed E-state index contributed by atoms with van der Waals surface area (Å²) in [7, 11) is 0. The van der Waals surface area contributed by atoms with Crippen molar-refractivity contribution in [3.05, 3.63) is 0 Å². The minimum absolute atomic E-state index is 0.0631. The van der Waals surface area contributed by atoms with Gasteiger partial charge in [-0.2, -0.15) is 13.2 Å². The number of carbonyl (C=O) groups is 1. The van der Waals surface area contributed by atoms with E-state index in [-0.39, 0.29) is 17.7 Å². The quantitative estimate of drug-likeness (QED) is 0.783. The smallest absolute Gasteiger partial charge is 0.381 e. The summed E-state index contributed by atoms with van der Waals surface area (Å²) in [5.74, 6) is -0.0200. The molecule has 2 atom stereocenters. The molecule has 2 saturated heterocycles. The zero-order chi connectivity index (χ0) is 16.2. The van der Waals surface area contributed by atoms with E-state index in [1.807, 2.05) is 0 Å². The predicted octanol–water partition coefficient (Wildman–Crippen LogP) is 0.741. The molecule has 2 fully saturated rings. The van der Waals surface area contributed by atoms with E-state index in [2.05, 4.69) is 5.32 Å². The molecule has 1 amide bonds. The van der Waals surface area contributed by atoms with Crippen molar-refractivity contribution in [2.75, 3.05) is 39.4 Å². The van der Waals surface area contributed by atoms with Crippen LogP contribution in [0.15, 0.2) is 0 Å². The molecule has 0 bridgehead atoms. The summed E-state index contributed by atoms with van der Waals surface area (Å²) in [6.07, 6.45) is -1.94. The zero-order valence-corrected chi connectivity index (χ0v) is 12.6. The van der Waals surface area contributed by atoms with Crippen molar-refractivity contribution in [1.29, 1.82) is 0 Å². The predicted molar refractivity (Wildman–Crippen MR) is 75.1 cm³/mol. The van der Waals surface area contributed by atoms with E-state index in [1.165, 1.54) is 4.90 Å². The molecule has 0 aromatic heterocycles. The maximum atomic E-state index is 12.3. The monoisotopic (exact) mass is 323 g/mol. The fourth-order valence-electron chi connectivity index (χ4n) is 3.13. The third-order valence-electron chi connectivity index (χ3n) is 4.41. The molecule has 0 saturated carbocycles. The molecule has 0 aromatic rings. The van der Waals surface area contributed by atoms with Gasteiger partial charge >= 0.3 is 6.18 Å². The average Bonchev–Trinajstić information content (AvgIpc) is 2.90. The highest BCUT2D eigenvalue weighted by Gasteiger charge is 2.34. The van der Waals surface area contributed by atoms with Crippen LogP contribution in [0, 0.1) is 11.8 Å². The molecule has 2 aliphatic rings. The summed E-state index contributed by atoms with van der Waals surface area (Å²) in [5, 5.41) is 2.79. The Hall–Kier alpha value is -0.860. The third-order valence-corrected chi connectivity index (χ3v) is 4.41. The number of hydrogen-bond donors (Lipinski definition) is 2. The molecule has 3 N–H and O–H groups in total. The SMILES string of the molecule is NC(C(=O)NCC1CCN(CC(F)(F)F)C1)C1CCOCC1. The number of ether oxygens (including phenoxy) is 1. The van der Waals surface area contributed by atoms with Gasteiger partial charge in [0.25, 0.3) is 0 Å². The Labute approximate surface area is 128 Å². The van der Waals surface area contributed by atoms with E-state index in [0.29, 0.717) is 39.3 Å². The summed E-state index contributed by atoms with van der Waals surface area (Å²) in [5.41, 5.74) is 5.96. The van der Waals surface area contributed by atoms with Crippen LogP contribution in [0.3, 0.4) is 0 Å². The third kappa shape index (κ3) is 5.40. The summed E-state index contributed by atoms with van der Waals surface area (Å²) in [4.78, 5) is 13.4. The fraction of sp³-hybridized carbons (Fsp3) is 0.929. The lowest BCUT2D eigenvalue weighted by Crippen LogP contribution is -2.48. The lowest BCUT2D eigenvalue weighted by molar-refractivity contribution is -0.143. The second-order valence-corrected chi connectivity index (χ2v) is 6.23. The number of hydrogen-bond acceptors (Lipinski definition) is 4. The van der Waals surface area contributed by atoms with E-state index in [4.69, 9.17) is 10.5 Å². The van der Waals surface area contributed by atoms with Gasteiger partial charge in [-0.1, -0.05) is 0 Å². The summed E-state index contributed by atoms with van der Waals surface area (Å²) in [6, 6.07) is -0.559. The van der Waals surface area contributed by atoms with Crippen molar-refractivity contribution in [1.82, 2.24) is 10.2 Å². The van der Waals surface area contributed by atoms with Crippen molar-refractivity contribution in [2.24, 2.45) is 17.6 Å². The molecular formula is C14H24F3N3O2. The van der Waals surface area contributed by atoms with Crippen molar-refractivity contribution >= 4 is 5.91 Å². The molecule has 5 nitrogen and oxygen atoms in total. The number of carbonyl (C=O) groups excluding carboxylic acids is 1. The molecule has 2 heterocycles. The Morgan fingerprint density at radius 1 is 1.32 bits per heavy atom. The Morgan fingerprint density at radius 2 is 2.00 bits per heavy atom. The van der Waals surface area contributed by atoms with Gasteiger partial charge in [0.15, 0.2) is 0 Å². The molecule has 2 rings (SSSR count). The van der Waals surface area contributed by atoms with Crippen LogP contribution in [0.25, 0.3) is 0 Å². The number of nitrogens with one attached hydrogen (secondary N) is 1. The van der Waals surface area contributed by atoms with Gasteiger partial charge in [-0.15, -0.1) is 0 Å². The van der Waals surface area contributed by atoms with Crippen LogP contribution in [-0.4, -0.2) is 62.4 Å². The van der Waals surface area contributed by atoms with Gasteiger partial charge in [-0.05, 0) is 37.6 Å². The van der Waals surface area contributed by atoms with E-state index in [9.17, 15) is 18.0 Å². The number of nitrogens with two attached hydrogens (primary N) is 1. The van der Waals surface area contributed by atoms with Gasteiger partial charge in [0.2, 0.25) is 5.91 Å². The number of likely N-dealkylation sites (tertiary alicyclic amines) is 1. The molecule has 22 heavy (non-hydrogen) atoms. The zero-order valence-electron chi connectivity index (χ0n) is 12.6. The van der Waals surface area contributed by atoms with Crippen LogP contribution >= 0.6 is 0 Å². The second-order valence-electron chi connectivity index (χ2n) is 6.23. The lowest BCUT2D eigenvalue weighted by atomic mass is 9.92. The minimum atomic E-state index is -4.16. The number of amides is 1. The maximum absolute atomic E-state index is 12.3. The van der Waals surface area contributed by atoms with Crippen LogP contribution in [-0.2, 0) is 9.53 Å². The van der Waals surface area contributed by atoms with E-state index in [1.54, 1.807) is 0 Å². The molecule has 0 radical (unpaired) electrons. The second kappa shape index (κ2) is 7.61. The first kappa shape index (κ1) is 17.5. The largest absolute Gasteiger partial charge is 0.401 e. The van der Waals surface area contributed by atoms with Gasteiger partial charge in [0.05, 0.1) is 12.6 Å². The van der Waals surface area contributed by atoms with Gasteiger partial charge < -0.3 is 15.8 Å². The molecule has 0 spiro atoms. The molecular weight excluding hydrogens is 299 g/mol. The normalized spacial score (nSPS) is 26.1. The summed E-state index contributed by atoms with van der Waals surface area (Å²) < 4.78 is 42.2. The standard InChI is InChI=1S/C14H24F3N3O2/c15-14(16,17)9-20-4-1-10(8-20)7-19-13(21)12(18)11-2-5-22-6-3-11/h10-12H,1-9,18H2,(H,19,21). The van der Waals surface area contributed by atoms with Crippen molar-refractivity contribution < 1.29 is 22.7 Å². The molecule has 8 heteroatoms. The van der Waals surface area contributed by atoms with Gasteiger partial charge in [-0.25, -0.2) is 0 Å². The summed E-state index contributed by atoms with van der Waals surface area (Å²) in [6.45, 7) is 1.56. The Kier molecular flexibility index (Phi) is 6.05. The van der Waals surface area contributed by atoms with Crippen LogP contribution in [0.4, 0.5) is 13.2 Å². The van der Waals surface area contributed by atoms with Crippen LogP contribution in [0.2, 0.25) is 0 Å². The number of alkyl halides is 3. The first-order valence-corrected chi connectivity index (χ1v) is 7.75. The van der Waals surface area contributed by atoms with Crippen LogP contribution < -0.4 is 11.1 Å². The first-order chi connectivity index (χ1) is 10.3. The molecule has 0 aliphatic carbocycles. The Bertz CT molecular complexity index is 373. The van der Waals surface area contributed by atoms with Gasteiger partial charge in [-0.3, -0.25) is 9.69 Å². The molecule has 2 aliphatic heterocycles. The summed E-state index contributed by atoms with van der Waals surface area (Å²) >= 11 is 0. The van der Waals surface area contributed by atoms with Crippen molar-refractivity contribution in [3.8, 4) is 0 Å². The van der Waals surface area contributed by atoms with Crippen LogP contribution in [0.1, 0.15) is 19.3 Å². The number of nitrogens with zero attached hydrogens (tertiary/aromatic N) is 1. The highest BCUT2D eigenvalue weighted by Crippen LogP contribution is 2.22. The average molecular weight is 323 g/mol.